The molecule has 1 aromatic rings. The second-order valence-electron chi connectivity index (χ2n) is 3.72. The fourth-order valence-electron chi connectivity index (χ4n) is 1.35. The lowest BCUT2D eigenvalue weighted by Crippen LogP contribution is -2.28. The fraction of sp³-hybridized carbons (Fsp3) is 0.500. The summed E-state index contributed by atoms with van der Waals surface area (Å²) in [6, 6.07) is 8.38. The van der Waals surface area contributed by atoms with E-state index >= 15 is 0 Å². The molecule has 3 nitrogen and oxygen atoms in total. The molecule has 15 heavy (non-hydrogen) atoms. The van der Waals surface area contributed by atoms with Crippen LogP contribution < -0.4 is 5.32 Å². The minimum atomic E-state index is 0.135. The smallest absolute Gasteiger partial charge is 0.0713 e. The molecule has 0 bridgehead atoms. The maximum absolute atomic E-state index is 8.87. The average Bonchev–Trinajstić information content (AvgIpc) is 2.27. The highest BCUT2D eigenvalue weighted by Crippen LogP contribution is 2.06. The highest BCUT2D eigenvalue weighted by Gasteiger charge is 1.99. The van der Waals surface area contributed by atoms with Crippen molar-refractivity contribution in [3.05, 3.63) is 35.4 Å². The zero-order chi connectivity index (χ0) is 11.1. The van der Waals surface area contributed by atoms with Gasteiger partial charge in [-0.05, 0) is 18.1 Å². The Bertz CT molecular complexity index is 289. The van der Waals surface area contributed by atoms with Crippen LogP contribution in [0, 0.1) is 0 Å². The van der Waals surface area contributed by atoms with Gasteiger partial charge in [0.15, 0.2) is 0 Å². The molecule has 84 valence electrons. The Hall–Kier alpha value is -0.900. The Morgan fingerprint density at radius 1 is 1.40 bits per heavy atom. The number of benzene rings is 1. The van der Waals surface area contributed by atoms with E-state index in [4.69, 9.17) is 9.84 Å². The Morgan fingerprint density at radius 2 is 2.13 bits per heavy atom. The molecule has 3 heteroatoms. The standard InChI is InChI=1S/C12H19NO2/c1-10(8-14)13-7-11-4-3-5-12(6-11)9-15-2/h3-6,10,13-14H,7-9H2,1-2H3/t10-/m1/s1. The van der Waals surface area contributed by atoms with Gasteiger partial charge in [-0.15, -0.1) is 0 Å². The van der Waals surface area contributed by atoms with Crippen molar-refractivity contribution in [2.24, 2.45) is 0 Å². The number of aliphatic hydroxyl groups excluding tert-OH is 1. The van der Waals surface area contributed by atoms with Crippen LogP contribution in [0.2, 0.25) is 0 Å². The third kappa shape index (κ3) is 4.42. The van der Waals surface area contributed by atoms with Crippen molar-refractivity contribution >= 4 is 0 Å². The number of rotatable bonds is 6. The zero-order valence-corrected chi connectivity index (χ0v) is 9.36. The summed E-state index contributed by atoms with van der Waals surface area (Å²) in [6.07, 6.45) is 0. The summed E-state index contributed by atoms with van der Waals surface area (Å²) >= 11 is 0. The van der Waals surface area contributed by atoms with E-state index in [1.54, 1.807) is 7.11 Å². The summed E-state index contributed by atoms with van der Waals surface area (Å²) in [5.74, 6) is 0. The van der Waals surface area contributed by atoms with Crippen molar-refractivity contribution in [3.63, 3.8) is 0 Å². The molecule has 0 saturated heterocycles. The molecule has 0 radical (unpaired) electrons. The van der Waals surface area contributed by atoms with E-state index in [1.807, 2.05) is 19.1 Å². The molecule has 0 fully saturated rings. The maximum atomic E-state index is 8.87. The Labute approximate surface area is 91.1 Å². The normalized spacial score (nSPS) is 12.7. The molecule has 1 atom stereocenters. The first-order chi connectivity index (χ1) is 7.26. The lowest BCUT2D eigenvalue weighted by atomic mass is 10.1. The predicted octanol–water partition coefficient (Wildman–Crippen LogP) is 1.30. The molecule has 0 aromatic heterocycles. The molecule has 0 spiro atoms. The van der Waals surface area contributed by atoms with Crippen molar-refractivity contribution in [2.45, 2.75) is 26.1 Å². The first-order valence-corrected chi connectivity index (χ1v) is 5.17. The van der Waals surface area contributed by atoms with E-state index in [9.17, 15) is 0 Å². The number of hydrogen-bond donors (Lipinski definition) is 2. The quantitative estimate of drug-likeness (QED) is 0.742. The van der Waals surface area contributed by atoms with Crippen LogP contribution in [0.5, 0.6) is 0 Å². The topological polar surface area (TPSA) is 41.5 Å². The maximum Gasteiger partial charge on any atom is 0.0713 e. The third-order valence-electron chi connectivity index (χ3n) is 2.23. The van der Waals surface area contributed by atoms with Gasteiger partial charge in [-0.25, -0.2) is 0 Å². The van der Waals surface area contributed by atoms with Gasteiger partial charge >= 0.3 is 0 Å². The van der Waals surface area contributed by atoms with Gasteiger partial charge in [-0.2, -0.15) is 0 Å². The van der Waals surface area contributed by atoms with Gasteiger partial charge in [-0.3, -0.25) is 0 Å². The molecule has 0 aliphatic rings. The van der Waals surface area contributed by atoms with Crippen LogP contribution in [0.1, 0.15) is 18.1 Å². The molecule has 2 N–H and O–H groups in total. The fourth-order valence-corrected chi connectivity index (χ4v) is 1.35. The van der Waals surface area contributed by atoms with Crippen molar-refractivity contribution in [3.8, 4) is 0 Å². The minimum Gasteiger partial charge on any atom is -0.395 e. The van der Waals surface area contributed by atoms with E-state index in [0.717, 1.165) is 6.54 Å². The third-order valence-corrected chi connectivity index (χ3v) is 2.23. The van der Waals surface area contributed by atoms with Crippen LogP contribution in [0.3, 0.4) is 0 Å². The minimum absolute atomic E-state index is 0.135. The average molecular weight is 209 g/mol. The van der Waals surface area contributed by atoms with Crippen LogP contribution in [0.4, 0.5) is 0 Å². The molecule has 0 heterocycles. The monoisotopic (exact) mass is 209 g/mol. The second kappa shape index (κ2) is 6.56. The molecular formula is C12H19NO2. The summed E-state index contributed by atoms with van der Waals surface area (Å²) < 4.78 is 5.07. The number of methoxy groups -OCH3 is 1. The number of ether oxygens (including phenoxy) is 1. The van der Waals surface area contributed by atoms with Crippen LogP contribution in [-0.4, -0.2) is 24.9 Å². The summed E-state index contributed by atoms with van der Waals surface area (Å²) in [7, 11) is 1.69. The van der Waals surface area contributed by atoms with Gasteiger partial charge in [0.25, 0.3) is 0 Å². The van der Waals surface area contributed by atoms with Gasteiger partial charge in [0.2, 0.25) is 0 Å². The van der Waals surface area contributed by atoms with E-state index in [-0.39, 0.29) is 12.6 Å². The lowest BCUT2D eigenvalue weighted by molar-refractivity contribution is 0.185. The Morgan fingerprint density at radius 3 is 2.80 bits per heavy atom. The highest BCUT2D eigenvalue weighted by molar-refractivity contribution is 5.22. The predicted molar refractivity (Wildman–Crippen MR) is 60.5 cm³/mol. The molecular weight excluding hydrogens is 190 g/mol. The largest absolute Gasteiger partial charge is 0.395 e. The molecule has 1 rings (SSSR count). The molecule has 0 aliphatic heterocycles. The van der Waals surface area contributed by atoms with E-state index < -0.39 is 0 Å². The zero-order valence-electron chi connectivity index (χ0n) is 9.36. The van der Waals surface area contributed by atoms with Crippen molar-refractivity contribution < 1.29 is 9.84 Å². The molecule has 0 saturated carbocycles. The van der Waals surface area contributed by atoms with E-state index in [0.29, 0.717) is 6.61 Å². The van der Waals surface area contributed by atoms with Crippen molar-refractivity contribution in [1.29, 1.82) is 0 Å². The van der Waals surface area contributed by atoms with Gasteiger partial charge < -0.3 is 15.2 Å². The Kier molecular flexibility index (Phi) is 5.32. The first-order valence-electron chi connectivity index (χ1n) is 5.17. The van der Waals surface area contributed by atoms with Gasteiger partial charge in [-0.1, -0.05) is 24.3 Å². The first kappa shape index (κ1) is 12.2. The second-order valence-corrected chi connectivity index (χ2v) is 3.72. The van der Waals surface area contributed by atoms with E-state index in [1.165, 1.54) is 11.1 Å². The van der Waals surface area contributed by atoms with Crippen LogP contribution >= 0.6 is 0 Å². The van der Waals surface area contributed by atoms with Crippen LogP contribution in [0.25, 0.3) is 0 Å². The molecule has 0 unspecified atom stereocenters. The lowest BCUT2D eigenvalue weighted by Gasteiger charge is -2.11. The molecule has 0 amide bonds. The van der Waals surface area contributed by atoms with Crippen molar-refractivity contribution in [2.75, 3.05) is 13.7 Å². The van der Waals surface area contributed by atoms with Gasteiger partial charge in [0.05, 0.1) is 13.2 Å². The summed E-state index contributed by atoms with van der Waals surface area (Å²) in [4.78, 5) is 0. The van der Waals surface area contributed by atoms with Crippen LogP contribution in [-0.2, 0) is 17.9 Å². The van der Waals surface area contributed by atoms with Gasteiger partial charge in [0, 0.05) is 19.7 Å². The van der Waals surface area contributed by atoms with Crippen LogP contribution in [0.15, 0.2) is 24.3 Å². The van der Waals surface area contributed by atoms with E-state index in [2.05, 4.69) is 17.4 Å². The number of aliphatic hydroxyl groups is 1. The number of hydrogen-bond acceptors (Lipinski definition) is 3. The molecule has 0 aliphatic carbocycles. The summed E-state index contributed by atoms with van der Waals surface area (Å²) in [5.41, 5.74) is 2.39. The highest BCUT2D eigenvalue weighted by atomic mass is 16.5. The Balaban J connectivity index is 2.50. The van der Waals surface area contributed by atoms with Crippen molar-refractivity contribution in [1.82, 2.24) is 5.32 Å². The SMILES string of the molecule is COCc1cccc(CN[C@H](C)CO)c1. The summed E-state index contributed by atoms with van der Waals surface area (Å²) in [6.45, 7) is 3.54. The number of nitrogens with one attached hydrogen (secondary N) is 1. The van der Waals surface area contributed by atoms with Gasteiger partial charge in [0.1, 0.15) is 0 Å². The molecule has 1 aromatic carbocycles. The summed E-state index contributed by atoms with van der Waals surface area (Å²) in [5, 5.41) is 12.1.